The predicted octanol–water partition coefficient (Wildman–Crippen LogP) is 3.15. The molecule has 5 heteroatoms. The molecule has 19 heavy (non-hydrogen) atoms. The molecule has 4 nitrogen and oxygen atoms in total. The van der Waals surface area contributed by atoms with E-state index in [2.05, 4.69) is 20.9 Å². The number of nitrogens with two attached hydrogens (primary N) is 1. The van der Waals surface area contributed by atoms with Gasteiger partial charge < -0.3 is 15.2 Å². The Labute approximate surface area is 120 Å². The molecular weight excluding hydrogens is 308 g/mol. The number of benzene rings is 1. The van der Waals surface area contributed by atoms with E-state index in [0.717, 1.165) is 22.2 Å². The number of hydrogen-bond acceptors (Lipinski definition) is 4. The SMILES string of the molecule is COc1ccc(Oc2ncccc2CCN)c(Br)c1. The van der Waals surface area contributed by atoms with Crippen molar-refractivity contribution < 1.29 is 9.47 Å². The lowest BCUT2D eigenvalue weighted by atomic mass is 10.2. The van der Waals surface area contributed by atoms with Gasteiger partial charge in [0.1, 0.15) is 11.5 Å². The van der Waals surface area contributed by atoms with Crippen LogP contribution in [0.5, 0.6) is 17.4 Å². The maximum Gasteiger partial charge on any atom is 0.222 e. The van der Waals surface area contributed by atoms with Gasteiger partial charge in [0.05, 0.1) is 11.6 Å². The van der Waals surface area contributed by atoms with Gasteiger partial charge in [-0.1, -0.05) is 6.07 Å². The third kappa shape index (κ3) is 3.45. The summed E-state index contributed by atoms with van der Waals surface area (Å²) in [6.45, 7) is 0.561. The van der Waals surface area contributed by atoms with Crippen LogP contribution in [0.3, 0.4) is 0 Å². The van der Waals surface area contributed by atoms with Crippen molar-refractivity contribution in [3.8, 4) is 17.4 Å². The minimum absolute atomic E-state index is 0.561. The van der Waals surface area contributed by atoms with E-state index >= 15 is 0 Å². The number of nitrogens with zero attached hydrogens (tertiary/aromatic N) is 1. The van der Waals surface area contributed by atoms with E-state index in [1.807, 2.05) is 30.3 Å². The summed E-state index contributed by atoms with van der Waals surface area (Å²) in [7, 11) is 1.63. The zero-order valence-corrected chi connectivity index (χ0v) is 12.2. The summed E-state index contributed by atoms with van der Waals surface area (Å²) in [6.07, 6.45) is 2.43. The van der Waals surface area contributed by atoms with E-state index in [9.17, 15) is 0 Å². The number of halogens is 1. The molecule has 0 atom stereocenters. The minimum Gasteiger partial charge on any atom is -0.497 e. The Balaban J connectivity index is 2.26. The fourth-order valence-electron chi connectivity index (χ4n) is 1.66. The number of hydrogen-bond donors (Lipinski definition) is 1. The van der Waals surface area contributed by atoms with Crippen molar-refractivity contribution in [1.82, 2.24) is 4.98 Å². The van der Waals surface area contributed by atoms with Crippen LogP contribution < -0.4 is 15.2 Å². The second-order valence-electron chi connectivity index (χ2n) is 3.90. The topological polar surface area (TPSA) is 57.4 Å². The molecule has 0 aliphatic heterocycles. The van der Waals surface area contributed by atoms with Gasteiger partial charge in [-0.15, -0.1) is 0 Å². The Hall–Kier alpha value is -1.59. The van der Waals surface area contributed by atoms with Gasteiger partial charge in [0.15, 0.2) is 0 Å². The quantitative estimate of drug-likeness (QED) is 0.918. The third-order valence-corrected chi connectivity index (χ3v) is 3.23. The van der Waals surface area contributed by atoms with Crippen molar-refractivity contribution in [3.05, 3.63) is 46.6 Å². The van der Waals surface area contributed by atoms with Crippen LogP contribution in [0.15, 0.2) is 41.0 Å². The molecule has 0 bridgehead atoms. The first kappa shape index (κ1) is 13.8. The van der Waals surface area contributed by atoms with Crippen molar-refractivity contribution >= 4 is 15.9 Å². The summed E-state index contributed by atoms with van der Waals surface area (Å²) in [5.41, 5.74) is 6.57. The predicted molar refractivity (Wildman–Crippen MR) is 77.8 cm³/mol. The van der Waals surface area contributed by atoms with Crippen molar-refractivity contribution in [2.75, 3.05) is 13.7 Å². The molecule has 0 spiro atoms. The first-order chi connectivity index (χ1) is 9.24. The van der Waals surface area contributed by atoms with Gasteiger partial charge in [0.2, 0.25) is 5.88 Å². The van der Waals surface area contributed by atoms with Crippen LogP contribution in [-0.4, -0.2) is 18.6 Å². The smallest absolute Gasteiger partial charge is 0.222 e. The molecule has 0 saturated heterocycles. The Kier molecular flexibility index (Phi) is 4.76. The molecule has 100 valence electrons. The van der Waals surface area contributed by atoms with Crippen LogP contribution >= 0.6 is 15.9 Å². The van der Waals surface area contributed by atoms with Crippen LogP contribution in [0, 0.1) is 0 Å². The van der Waals surface area contributed by atoms with Gasteiger partial charge in [-0.05, 0) is 53.2 Å². The average molecular weight is 323 g/mol. The standard InChI is InChI=1S/C14H15BrN2O2/c1-18-11-4-5-13(12(15)9-11)19-14-10(6-7-16)3-2-8-17-14/h2-5,8-9H,6-7,16H2,1H3. The molecule has 2 N–H and O–H groups in total. The number of ether oxygens (including phenoxy) is 2. The lowest BCUT2D eigenvalue weighted by molar-refractivity contribution is 0.411. The fraction of sp³-hybridized carbons (Fsp3) is 0.214. The van der Waals surface area contributed by atoms with E-state index in [1.54, 1.807) is 13.3 Å². The van der Waals surface area contributed by atoms with Crippen molar-refractivity contribution in [3.63, 3.8) is 0 Å². The third-order valence-electron chi connectivity index (χ3n) is 2.61. The minimum atomic E-state index is 0.561. The lowest BCUT2D eigenvalue weighted by Gasteiger charge is -2.11. The first-order valence-corrected chi connectivity index (χ1v) is 6.69. The summed E-state index contributed by atoms with van der Waals surface area (Å²) in [5, 5.41) is 0. The number of aromatic nitrogens is 1. The lowest BCUT2D eigenvalue weighted by Crippen LogP contribution is -2.04. The van der Waals surface area contributed by atoms with Gasteiger partial charge in [-0.25, -0.2) is 4.98 Å². The molecule has 1 aromatic heterocycles. The average Bonchev–Trinajstić information content (AvgIpc) is 2.43. The summed E-state index contributed by atoms with van der Waals surface area (Å²) >= 11 is 3.45. The van der Waals surface area contributed by atoms with E-state index in [0.29, 0.717) is 18.2 Å². The molecule has 2 aromatic rings. The van der Waals surface area contributed by atoms with Crippen LogP contribution in [-0.2, 0) is 6.42 Å². The Morgan fingerprint density at radius 2 is 2.16 bits per heavy atom. The molecule has 2 rings (SSSR count). The molecule has 0 aliphatic carbocycles. The zero-order valence-electron chi connectivity index (χ0n) is 10.6. The molecule has 1 aromatic carbocycles. The van der Waals surface area contributed by atoms with Crippen molar-refractivity contribution in [1.29, 1.82) is 0 Å². The largest absolute Gasteiger partial charge is 0.497 e. The van der Waals surface area contributed by atoms with E-state index in [1.165, 1.54) is 0 Å². The highest BCUT2D eigenvalue weighted by molar-refractivity contribution is 9.10. The molecule has 0 fully saturated rings. The fourth-order valence-corrected chi connectivity index (χ4v) is 2.10. The Morgan fingerprint density at radius 1 is 1.32 bits per heavy atom. The van der Waals surface area contributed by atoms with Crippen LogP contribution in [0.25, 0.3) is 0 Å². The summed E-state index contributed by atoms with van der Waals surface area (Å²) in [4.78, 5) is 4.25. The molecular formula is C14H15BrN2O2. The molecule has 0 saturated carbocycles. The van der Waals surface area contributed by atoms with Crippen molar-refractivity contribution in [2.45, 2.75) is 6.42 Å². The van der Waals surface area contributed by atoms with Crippen LogP contribution in [0.2, 0.25) is 0 Å². The number of methoxy groups -OCH3 is 1. The number of pyridine rings is 1. The second-order valence-corrected chi connectivity index (χ2v) is 4.76. The highest BCUT2D eigenvalue weighted by Crippen LogP contribution is 2.33. The van der Waals surface area contributed by atoms with Gasteiger partial charge in [0.25, 0.3) is 0 Å². The molecule has 0 aliphatic rings. The normalized spacial score (nSPS) is 10.3. The Bertz CT molecular complexity index is 561. The summed E-state index contributed by atoms with van der Waals surface area (Å²) in [5.74, 6) is 2.04. The van der Waals surface area contributed by atoms with Crippen LogP contribution in [0.4, 0.5) is 0 Å². The van der Waals surface area contributed by atoms with Gasteiger partial charge in [0, 0.05) is 11.8 Å². The number of rotatable bonds is 5. The highest BCUT2D eigenvalue weighted by Gasteiger charge is 2.08. The van der Waals surface area contributed by atoms with E-state index in [-0.39, 0.29) is 0 Å². The molecule has 0 amide bonds. The first-order valence-electron chi connectivity index (χ1n) is 5.90. The maximum atomic E-state index is 5.82. The summed E-state index contributed by atoms with van der Waals surface area (Å²) < 4.78 is 11.8. The van der Waals surface area contributed by atoms with Gasteiger partial charge in [-0.2, -0.15) is 0 Å². The molecule has 1 heterocycles. The highest BCUT2D eigenvalue weighted by atomic mass is 79.9. The summed E-state index contributed by atoms with van der Waals surface area (Å²) in [6, 6.07) is 9.36. The van der Waals surface area contributed by atoms with Gasteiger partial charge in [-0.3, -0.25) is 0 Å². The second kappa shape index (κ2) is 6.54. The van der Waals surface area contributed by atoms with E-state index in [4.69, 9.17) is 15.2 Å². The monoisotopic (exact) mass is 322 g/mol. The zero-order chi connectivity index (χ0) is 13.7. The van der Waals surface area contributed by atoms with E-state index < -0.39 is 0 Å². The maximum absolute atomic E-state index is 5.82. The molecule has 0 radical (unpaired) electrons. The van der Waals surface area contributed by atoms with Crippen LogP contribution in [0.1, 0.15) is 5.56 Å². The van der Waals surface area contributed by atoms with Gasteiger partial charge >= 0.3 is 0 Å². The van der Waals surface area contributed by atoms with Crippen molar-refractivity contribution in [2.24, 2.45) is 5.73 Å². The Morgan fingerprint density at radius 3 is 2.84 bits per heavy atom. The molecule has 0 unspecified atom stereocenters.